The number of rotatable bonds is 3. The van der Waals surface area contributed by atoms with Gasteiger partial charge in [-0.2, -0.15) is 10.2 Å². The Morgan fingerprint density at radius 3 is 2.80 bits per heavy atom. The number of nitrogens with zero attached hydrogens (tertiary/aromatic N) is 4. The highest BCUT2D eigenvalue weighted by Crippen LogP contribution is 2.09. The molecule has 0 aromatic carbocycles. The van der Waals surface area contributed by atoms with Gasteiger partial charge in [-0.25, -0.2) is 0 Å². The monoisotopic (exact) mass is 198 g/mol. The van der Waals surface area contributed by atoms with Crippen LogP contribution in [0.4, 0.5) is 5.69 Å². The third-order valence-electron chi connectivity index (χ3n) is 1.79. The highest BCUT2D eigenvalue weighted by Gasteiger charge is 1.89. The lowest BCUT2D eigenvalue weighted by Gasteiger charge is -1.92. The normalized spacial score (nSPS) is 10.7. The first-order valence-electron chi connectivity index (χ1n) is 4.62. The molecule has 0 aliphatic carbocycles. The Labute approximate surface area is 87.7 Å². The van der Waals surface area contributed by atoms with Gasteiger partial charge in [-0.3, -0.25) is 9.97 Å². The van der Waals surface area contributed by atoms with E-state index in [-0.39, 0.29) is 0 Å². The maximum atomic E-state index is 4.14. The Hall–Kier alpha value is -2.10. The van der Waals surface area contributed by atoms with E-state index in [0.29, 0.717) is 6.54 Å². The van der Waals surface area contributed by atoms with Gasteiger partial charge < -0.3 is 0 Å². The minimum absolute atomic E-state index is 0.496. The summed E-state index contributed by atoms with van der Waals surface area (Å²) in [5, 5.41) is 8.06. The number of pyridine rings is 2. The molecule has 0 aliphatic rings. The Bertz CT molecular complexity index is 425. The van der Waals surface area contributed by atoms with Gasteiger partial charge in [-0.1, -0.05) is 6.07 Å². The highest BCUT2D eigenvalue weighted by atomic mass is 15.1. The lowest BCUT2D eigenvalue weighted by molar-refractivity contribution is 0.913. The summed E-state index contributed by atoms with van der Waals surface area (Å²) in [5.41, 5.74) is 1.67. The molecule has 0 fully saturated rings. The zero-order valence-corrected chi connectivity index (χ0v) is 8.11. The molecule has 0 spiro atoms. The summed E-state index contributed by atoms with van der Waals surface area (Å²) >= 11 is 0. The molecule has 0 atom stereocenters. The minimum Gasteiger partial charge on any atom is -0.262 e. The highest BCUT2D eigenvalue weighted by molar-refractivity contribution is 5.30. The molecular weight excluding hydrogens is 188 g/mol. The average molecular weight is 198 g/mol. The molecule has 2 rings (SSSR count). The summed E-state index contributed by atoms with van der Waals surface area (Å²) in [4.78, 5) is 8.08. The first-order chi connectivity index (χ1) is 7.45. The van der Waals surface area contributed by atoms with Crippen molar-refractivity contribution in [3.63, 3.8) is 0 Å². The van der Waals surface area contributed by atoms with E-state index in [0.717, 1.165) is 11.4 Å². The van der Waals surface area contributed by atoms with Gasteiger partial charge in [-0.15, -0.1) is 0 Å². The van der Waals surface area contributed by atoms with Crippen molar-refractivity contribution in [3.05, 3.63) is 54.6 Å². The van der Waals surface area contributed by atoms with Crippen LogP contribution < -0.4 is 0 Å². The molecule has 4 heteroatoms. The van der Waals surface area contributed by atoms with E-state index in [1.165, 1.54) is 0 Å². The molecule has 0 radical (unpaired) electrons. The lowest BCUT2D eigenvalue weighted by Crippen LogP contribution is -1.83. The largest absolute Gasteiger partial charge is 0.262 e. The minimum atomic E-state index is 0.496. The molecule has 4 nitrogen and oxygen atoms in total. The van der Waals surface area contributed by atoms with Gasteiger partial charge in [0.25, 0.3) is 0 Å². The van der Waals surface area contributed by atoms with Crippen molar-refractivity contribution in [3.8, 4) is 0 Å². The summed E-state index contributed by atoms with van der Waals surface area (Å²) < 4.78 is 0. The van der Waals surface area contributed by atoms with Crippen molar-refractivity contribution < 1.29 is 0 Å². The smallest absolute Gasteiger partial charge is 0.104 e. The van der Waals surface area contributed by atoms with Gasteiger partial charge >= 0.3 is 0 Å². The van der Waals surface area contributed by atoms with E-state index >= 15 is 0 Å². The fourth-order valence-corrected chi connectivity index (χ4v) is 1.09. The summed E-state index contributed by atoms with van der Waals surface area (Å²) in [5.74, 6) is 0. The van der Waals surface area contributed by atoms with Crippen LogP contribution in [0.15, 0.2) is 59.2 Å². The number of hydrogen-bond acceptors (Lipinski definition) is 4. The molecule has 0 unspecified atom stereocenters. The molecule has 74 valence electrons. The SMILES string of the molecule is c1ccc(CN=Nc2cccnc2)nc1. The van der Waals surface area contributed by atoms with E-state index in [9.17, 15) is 0 Å². The Balaban J connectivity index is 1.97. The second-order valence-corrected chi connectivity index (χ2v) is 2.93. The van der Waals surface area contributed by atoms with Gasteiger partial charge in [0.1, 0.15) is 12.2 Å². The molecule has 2 heterocycles. The zero-order valence-electron chi connectivity index (χ0n) is 8.11. The molecule has 2 aromatic rings. The van der Waals surface area contributed by atoms with Gasteiger partial charge in [0, 0.05) is 12.4 Å². The number of hydrogen-bond donors (Lipinski definition) is 0. The van der Waals surface area contributed by atoms with Crippen LogP contribution in [0, 0.1) is 0 Å². The molecule has 0 saturated carbocycles. The molecule has 2 aromatic heterocycles. The maximum Gasteiger partial charge on any atom is 0.104 e. The van der Waals surface area contributed by atoms with Crippen molar-refractivity contribution in [1.82, 2.24) is 9.97 Å². The van der Waals surface area contributed by atoms with Gasteiger partial charge in [-0.05, 0) is 24.3 Å². The Kier molecular flexibility index (Phi) is 3.12. The van der Waals surface area contributed by atoms with E-state index in [1.54, 1.807) is 18.6 Å². The molecule has 0 amide bonds. The van der Waals surface area contributed by atoms with Crippen LogP contribution in [0.1, 0.15) is 5.69 Å². The number of aromatic nitrogens is 2. The van der Waals surface area contributed by atoms with E-state index in [1.807, 2.05) is 30.3 Å². The van der Waals surface area contributed by atoms with Crippen molar-refractivity contribution in [2.75, 3.05) is 0 Å². The first-order valence-corrected chi connectivity index (χ1v) is 4.62. The van der Waals surface area contributed by atoms with Crippen LogP contribution in [-0.2, 0) is 6.54 Å². The van der Waals surface area contributed by atoms with Crippen LogP contribution in [0.5, 0.6) is 0 Å². The van der Waals surface area contributed by atoms with Crippen molar-refractivity contribution in [1.29, 1.82) is 0 Å². The average Bonchev–Trinajstić information content (AvgIpc) is 2.32. The van der Waals surface area contributed by atoms with Crippen LogP contribution in [0.3, 0.4) is 0 Å². The summed E-state index contributed by atoms with van der Waals surface area (Å²) in [6.45, 7) is 0.496. The molecule has 0 bridgehead atoms. The van der Waals surface area contributed by atoms with E-state index in [4.69, 9.17) is 0 Å². The van der Waals surface area contributed by atoms with Crippen molar-refractivity contribution in [2.45, 2.75) is 6.54 Å². The standard InChI is InChI=1S/C11H10N4/c1-2-7-13-10(4-1)9-14-15-11-5-3-6-12-8-11/h1-8H,9H2. The van der Waals surface area contributed by atoms with E-state index < -0.39 is 0 Å². The summed E-state index contributed by atoms with van der Waals surface area (Å²) in [6.07, 6.45) is 5.12. The quantitative estimate of drug-likeness (QED) is 0.712. The molecule has 15 heavy (non-hydrogen) atoms. The predicted octanol–water partition coefficient (Wildman–Crippen LogP) is 2.76. The maximum absolute atomic E-state index is 4.14. The number of azo groups is 1. The zero-order chi connectivity index (χ0) is 10.3. The Morgan fingerprint density at radius 1 is 1.07 bits per heavy atom. The molecule has 0 saturated heterocycles. The summed E-state index contributed by atoms with van der Waals surface area (Å²) in [6, 6.07) is 9.41. The predicted molar refractivity (Wildman–Crippen MR) is 56.7 cm³/mol. The molecular formula is C11H10N4. The fraction of sp³-hybridized carbons (Fsp3) is 0.0909. The first kappa shape index (κ1) is 9.45. The Morgan fingerprint density at radius 2 is 2.07 bits per heavy atom. The lowest BCUT2D eigenvalue weighted by atomic mass is 10.4. The van der Waals surface area contributed by atoms with E-state index in [2.05, 4.69) is 20.2 Å². The molecule has 0 aliphatic heterocycles. The molecule has 0 N–H and O–H groups in total. The fourth-order valence-electron chi connectivity index (χ4n) is 1.09. The third-order valence-corrected chi connectivity index (χ3v) is 1.79. The van der Waals surface area contributed by atoms with Gasteiger partial charge in [0.2, 0.25) is 0 Å². The second-order valence-electron chi connectivity index (χ2n) is 2.93. The topological polar surface area (TPSA) is 50.5 Å². The van der Waals surface area contributed by atoms with Crippen LogP contribution in [0.25, 0.3) is 0 Å². The summed E-state index contributed by atoms with van der Waals surface area (Å²) in [7, 11) is 0. The third kappa shape index (κ3) is 2.95. The second kappa shape index (κ2) is 4.95. The van der Waals surface area contributed by atoms with Crippen LogP contribution in [0.2, 0.25) is 0 Å². The van der Waals surface area contributed by atoms with Crippen LogP contribution in [-0.4, -0.2) is 9.97 Å². The van der Waals surface area contributed by atoms with Gasteiger partial charge in [0.05, 0.1) is 11.9 Å². The van der Waals surface area contributed by atoms with Crippen LogP contribution >= 0.6 is 0 Å². The van der Waals surface area contributed by atoms with Gasteiger partial charge in [0.15, 0.2) is 0 Å². The van der Waals surface area contributed by atoms with Crippen molar-refractivity contribution >= 4 is 5.69 Å². The van der Waals surface area contributed by atoms with Crippen molar-refractivity contribution in [2.24, 2.45) is 10.2 Å².